The molecule has 0 saturated carbocycles. The zero-order valence-corrected chi connectivity index (χ0v) is 8.19. The molecule has 1 rings (SSSR count). The molecule has 15 heavy (non-hydrogen) atoms. The highest BCUT2D eigenvalue weighted by molar-refractivity contribution is 7.74. The SMILES string of the molecule is O=Cc1cc(O)c(O)c(COS(=O)[O-])c1. The molecule has 2 N–H and O–H groups in total. The molecule has 1 unspecified atom stereocenters. The van der Waals surface area contributed by atoms with Gasteiger partial charge in [0.2, 0.25) is 0 Å². The fourth-order valence-electron chi connectivity index (χ4n) is 0.992. The predicted molar refractivity (Wildman–Crippen MR) is 48.9 cm³/mol. The number of phenolic OH excluding ortho intramolecular Hbond substituents is 2. The van der Waals surface area contributed by atoms with Crippen LogP contribution in [0.5, 0.6) is 11.5 Å². The maximum atomic E-state index is 10.4. The first-order valence-corrected chi connectivity index (χ1v) is 4.77. The van der Waals surface area contributed by atoms with E-state index in [9.17, 15) is 18.7 Å². The topological polar surface area (TPSA) is 107 Å². The van der Waals surface area contributed by atoms with E-state index in [4.69, 9.17) is 5.11 Å². The molecule has 0 aromatic heterocycles. The molecule has 0 amide bonds. The second kappa shape index (κ2) is 4.87. The Bertz CT molecular complexity index is 402. The monoisotopic (exact) mass is 231 g/mol. The summed E-state index contributed by atoms with van der Waals surface area (Å²) in [5, 5.41) is 18.4. The fourth-order valence-corrected chi connectivity index (χ4v) is 1.21. The summed E-state index contributed by atoms with van der Waals surface area (Å²) in [6, 6.07) is 2.27. The molecule has 0 aliphatic carbocycles. The Hall–Kier alpha value is -1.44. The van der Waals surface area contributed by atoms with E-state index in [2.05, 4.69) is 4.18 Å². The molecule has 1 aromatic carbocycles. The van der Waals surface area contributed by atoms with Gasteiger partial charge in [-0.1, -0.05) is 0 Å². The van der Waals surface area contributed by atoms with E-state index in [1.165, 1.54) is 6.07 Å². The standard InChI is InChI=1S/C8H8O6S/c9-3-5-1-6(4-14-15(12)13)8(11)7(10)2-5/h1-3,10-11H,4H2,(H,12,13)/p-1. The van der Waals surface area contributed by atoms with Gasteiger partial charge in [-0.15, -0.1) is 0 Å². The third-order valence-corrected chi connectivity index (χ3v) is 1.95. The van der Waals surface area contributed by atoms with Crippen LogP contribution in [0, 0.1) is 0 Å². The van der Waals surface area contributed by atoms with Crippen molar-refractivity contribution in [3.8, 4) is 11.5 Å². The molecule has 0 fully saturated rings. The second-order valence-corrected chi connectivity index (χ2v) is 3.28. The normalized spacial score (nSPS) is 12.3. The van der Waals surface area contributed by atoms with Gasteiger partial charge in [0.05, 0.1) is 18.0 Å². The summed E-state index contributed by atoms with van der Waals surface area (Å²) in [6.45, 7) is -0.447. The molecule has 0 spiro atoms. The molecule has 0 aliphatic heterocycles. The first kappa shape index (κ1) is 11.6. The van der Waals surface area contributed by atoms with Gasteiger partial charge in [0.15, 0.2) is 11.5 Å². The van der Waals surface area contributed by atoms with Crippen LogP contribution in [0.3, 0.4) is 0 Å². The molecular formula is C8H7O6S-. The van der Waals surface area contributed by atoms with Crippen molar-refractivity contribution in [1.29, 1.82) is 0 Å². The van der Waals surface area contributed by atoms with Crippen molar-refractivity contribution in [2.75, 3.05) is 0 Å². The number of hydrogen-bond donors (Lipinski definition) is 2. The van der Waals surface area contributed by atoms with Crippen molar-refractivity contribution in [3.63, 3.8) is 0 Å². The fraction of sp³-hybridized carbons (Fsp3) is 0.125. The zero-order chi connectivity index (χ0) is 11.4. The minimum Gasteiger partial charge on any atom is -0.750 e. The number of aromatic hydroxyl groups is 2. The number of carbonyl (C=O) groups is 1. The first-order chi connectivity index (χ1) is 7.04. The lowest BCUT2D eigenvalue weighted by Gasteiger charge is -2.09. The minimum absolute atomic E-state index is 0.0151. The van der Waals surface area contributed by atoms with Crippen molar-refractivity contribution in [3.05, 3.63) is 23.3 Å². The molecule has 1 atom stereocenters. The quantitative estimate of drug-likeness (QED) is 0.436. The van der Waals surface area contributed by atoms with E-state index in [1.54, 1.807) is 0 Å². The molecule has 7 heteroatoms. The van der Waals surface area contributed by atoms with E-state index >= 15 is 0 Å². The summed E-state index contributed by atoms with van der Waals surface area (Å²) in [4.78, 5) is 10.4. The molecule has 1 aromatic rings. The van der Waals surface area contributed by atoms with Crippen LogP contribution in [0.4, 0.5) is 0 Å². The Morgan fingerprint density at radius 2 is 2.13 bits per heavy atom. The zero-order valence-electron chi connectivity index (χ0n) is 7.37. The van der Waals surface area contributed by atoms with Gasteiger partial charge in [0.25, 0.3) is 0 Å². The lowest BCUT2D eigenvalue weighted by Crippen LogP contribution is -1.97. The Kier molecular flexibility index (Phi) is 3.78. The molecule has 0 saturated heterocycles. The molecule has 6 nitrogen and oxygen atoms in total. The number of phenols is 2. The van der Waals surface area contributed by atoms with Gasteiger partial charge in [-0.05, 0) is 12.1 Å². The van der Waals surface area contributed by atoms with Crippen molar-refractivity contribution in [2.45, 2.75) is 6.61 Å². The summed E-state index contributed by atoms with van der Waals surface area (Å²) in [6.07, 6.45) is 0.455. The maximum absolute atomic E-state index is 10.4. The summed E-state index contributed by atoms with van der Waals surface area (Å²) in [5.74, 6) is -1.01. The third kappa shape index (κ3) is 3.01. The van der Waals surface area contributed by atoms with E-state index < -0.39 is 29.5 Å². The average Bonchev–Trinajstić information content (AvgIpc) is 2.19. The molecule has 0 heterocycles. The van der Waals surface area contributed by atoms with Crippen LogP contribution >= 0.6 is 0 Å². The van der Waals surface area contributed by atoms with Gasteiger partial charge in [-0.3, -0.25) is 8.98 Å². The van der Waals surface area contributed by atoms with E-state index in [0.717, 1.165) is 6.07 Å². The average molecular weight is 231 g/mol. The Morgan fingerprint density at radius 1 is 1.47 bits per heavy atom. The van der Waals surface area contributed by atoms with E-state index in [0.29, 0.717) is 6.29 Å². The Labute approximate surface area is 87.6 Å². The van der Waals surface area contributed by atoms with Crippen molar-refractivity contribution >= 4 is 17.6 Å². The Balaban J connectivity index is 2.99. The lowest BCUT2D eigenvalue weighted by atomic mass is 10.1. The molecule has 0 aliphatic rings. The number of hydrogen-bond acceptors (Lipinski definition) is 6. The number of benzene rings is 1. The van der Waals surface area contributed by atoms with E-state index in [-0.39, 0.29) is 11.1 Å². The number of carbonyl (C=O) groups excluding carboxylic acids is 1. The van der Waals surface area contributed by atoms with Crippen LogP contribution in [-0.2, 0) is 22.2 Å². The van der Waals surface area contributed by atoms with Crippen molar-refractivity contribution in [2.24, 2.45) is 0 Å². The van der Waals surface area contributed by atoms with Crippen LogP contribution in [0.1, 0.15) is 15.9 Å². The number of rotatable bonds is 4. The van der Waals surface area contributed by atoms with Crippen molar-refractivity contribution in [1.82, 2.24) is 0 Å². The van der Waals surface area contributed by atoms with Crippen LogP contribution in [0.25, 0.3) is 0 Å². The van der Waals surface area contributed by atoms with Gasteiger partial charge in [-0.2, -0.15) is 0 Å². The minimum atomic E-state index is -2.72. The van der Waals surface area contributed by atoms with Crippen LogP contribution < -0.4 is 0 Å². The van der Waals surface area contributed by atoms with Gasteiger partial charge < -0.3 is 14.8 Å². The van der Waals surface area contributed by atoms with Crippen LogP contribution in [-0.4, -0.2) is 25.3 Å². The highest BCUT2D eigenvalue weighted by Crippen LogP contribution is 2.30. The van der Waals surface area contributed by atoms with E-state index in [1.807, 2.05) is 0 Å². The van der Waals surface area contributed by atoms with Gasteiger partial charge in [0.1, 0.15) is 6.29 Å². The van der Waals surface area contributed by atoms with Crippen LogP contribution in [0.15, 0.2) is 12.1 Å². The summed E-state index contributed by atoms with van der Waals surface area (Å²) in [7, 11) is 0. The summed E-state index contributed by atoms with van der Waals surface area (Å²) in [5.41, 5.74) is 0.127. The Morgan fingerprint density at radius 3 is 2.67 bits per heavy atom. The molecule has 82 valence electrons. The summed E-state index contributed by atoms with van der Waals surface area (Å²) >= 11 is -2.72. The third-order valence-electron chi connectivity index (χ3n) is 1.64. The molecule has 0 radical (unpaired) electrons. The first-order valence-electron chi connectivity index (χ1n) is 3.77. The van der Waals surface area contributed by atoms with Crippen LogP contribution in [0.2, 0.25) is 0 Å². The highest BCUT2D eigenvalue weighted by Gasteiger charge is 2.09. The predicted octanol–water partition coefficient (Wildman–Crippen LogP) is 0.221. The maximum Gasteiger partial charge on any atom is 0.163 e. The molecule has 0 bridgehead atoms. The summed E-state index contributed by atoms with van der Waals surface area (Å²) < 4.78 is 24.4. The lowest BCUT2D eigenvalue weighted by molar-refractivity contribution is 0.112. The second-order valence-electron chi connectivity index (χ2n) is 2.63. The number of aldehydes is 1. The smallest absolute Gasteiger partial charge is 0.163 e. The van der Waals surface area contributed by atoms with Gasteiger partial charge in [0, 0.05) is 11.1 Å². The van der Waals surface area contributed by atoms with Crippen molar-refractivity contribution < 1.29 is 28.0 Å². The molecular weight excluding hydrogens is 224 g/mol. The largest absolute Gasteiger partial charge is 0.750 e. The highest BCUT2D eigenvalue weighted by atomic mass is 32.2. The van der Waals surface area contributed by atoms with Gasteiger partial charge >= 0.3 is 0 Å². The van der Waals surface area contributed by atoms with Gasteiger partial charge in [-0.25, -0.2) is 4.21 Å².